The number of carbonyl (C=O) groups is 1. The molecule has 3 N–H and O–H groups in total. The van der Waals surface area contributed by atoms with Crippen LogP contribution in [0.4, 0.5) is 0 Å². The largest absolute Gasteiger partial charge is 0.366 e. The van der Waals surface area contributed by atoms with E-state index in [1.807, 2.05) is 0 Å². The van der Waals surface area contributed by atoms with E-state index in [-0.39, 0.29) is 5.57 Å². The topological polar surface area (TPSA) is 66.9 Å². The van der Waals surface area contributed by atoms with E-state index in [2.05, 4.69) is 6.58 Å². The van der Waals surface area contributed by atoms with Crippen LogP contribution in [0.5, 0.6) is 0 Å². The molecule has 1 amide bonds. The third kappa shape index (κ3) is 3.22. The molecule has 0 aromatic heterocycles. The summed E-state index contributed by atoms with van der Waals surface area (Å²) in [6.45, 7) is 3.33. The highest BCUT2D eigenvalue weighted by Crippen LogP contribution is 1.87. The SMILES string of the molecule is C=C(/C=C\C=N)C(N)=O. The Bertz CT molecular complexity index is 170. The summed E-state index contributed by atoms with van der Waals surface area (Å²) in [5.41, 5.74) is 5.02. The van der Waals surface area contributed by atoms with Gasteiger partial charge in [-0.2, -0.15) is 0 Å². The summed E-state index contributed by atoms with van der Waals surface area (Å²) in [4.78, 5) is 10.2. The first-order chi connectivity index (χ1) is 4.18. The molecule has 0 bridgehead atoms. The first-order valence-corrected chi connectivity index (χ1v) is 2.34. The van der Waals surface area contributed by atoms with Gasteiger partial charge in [-0.1, -0.05) is 6.58 Å². The van der Waals surface area contributed by atoms with E-state index in [9.17, 15) is 4.79 Å². The second-order valence-electron chi connectivity index (χ2n) is 1.42. The molecular weight excluding hydrogens is 116 g/mol. The van der Waals surface area contributed by atoms with Crippen LogP contribution in [0.3, 0.4) is 0 Å². The molecule has 0 radical (unpaired) electrons. The Morgan fingerprint density at radius 1 is 1.67 bits per heavy atom. The Hall–Kier alpha value is -1.38. The van der Waals surface area contributed by atoms with Crippen LogP contribution in [0.2, 0.25) is 0 Å². The van der Waals surface area contributed by atoms with E-state index in [0.717, 1.165) is 6.21 Å². The zero-order chi connectivity index (χ0) is 7.28. The Kier molecular flexibility index (Phi) is 3.05. The molecule has 0 rings (SSSR count). The lowest BCUT2D eigenvalue weighted by Crippen LogP contribution is -2.11. The van der Waals surface area contributed by atoms with Crippen molar-refractivity contribution < 1.29 is 4.79 Å². The maximum Gasteiger partial charge on any atom is 0.248 e. The molecule has 0 saturated heterocycles. The molecule has 0 aromatic carbocycles. The van der Waals surface area contributed by atoms with E-state index < -0.39 is 5.91 Å². The lowest BCUT2D eigenvalue weighted by molar-refractivity contribution is -0.114. The first kappa shape index (κ1) is 7.62. The van der Waals surface area contributed by atoms with Gasteiger partial charge in [0.1, 0.15) is 0 Å². The van der Waals surface area contributed by atoms with Crippen LogP contribution in [0.1, 0.15) is 0 Å². The van der Waals surface area contributed by atoms with Crippen molar-refractivity contribution in [2.45, 2.75) is 0 Å². The third-order valence-corrected chi connectivity index (χ3v) is 0.710. The molecule has 3 nitrogen and oxygen atoms in total. The van der Waals surface area contributed by atoms with Crippen LogP contribution < -0.4 is 5.73 Å². The summed E-state index contributed by atoms with van der Waals surface area (Å²) in [5, 5.41) is 6.53. The van der Waals surface area contributed by atoms with E-state index in [0.29, 0.717) is 0 Å². The number of hydrogen-bond donors (Lipinski definition) is 2. The fourth-order valence-corrected chi connectivity index (χ4v) is 0.246. The third-order valence-electron chi connectivity index (χ3n) is 0.710. The van der Waals surface area contributed by atoms with Gasteiger partial charge in [-0.15, -0.1) is 0 Å². The summed E-state index contributed by atoms with van der Waals surface area (Å²) in [6, 6.07) is 0. The normalized spacial score (nSPS) is 9.33. The molecule has 3 heteroatoms. The van der Waals surface area contributed by atoms with Gasteiger partial charge in [0.15, 0.2) is 0 Å². The van der Waals surface area contributed by atoms with Crippen molar-refractivity contribution in [3.8, 4) is 0 Å². The summed E-state index contributed by atoms with van der Waals surface area (Å²) < 4.78 is 0. The molecule has 0 heterocycles. The highest BCUT2D eigenvalue weighted by Gasteiger charge is 1.92. The van der Waals surface area contributed by atoms with Gasteiger partial charge in [0, 0.05) is 11.8 Å². The van der Waals surface area contributed by atoms with Gasteiger partial charge in [0.2, 0.25) is 5.91 Å². The Labute approximate surface area is 53.4 Å². The fraction of sp³-hybridized carbons (Fsp3) is 0. The molecule has 48 valence electrons. The molecule has 0 fully saturated rings. The number of allylic oxidation sites excluding steroid dienone is 1. The lowest BCUT2D eigenvalue weighted by Gasteiger charge is -1.86. The van der Waals surface area contributed by atoms with Crippen LogP contribution in [-0.4, -0.2) is 12.1 Å². The molecule has 9 heavy (non-hydrogen) atoms. The number of hydrogen-bond acceptors (Lipinski definition) is 2. The zero-order valence-corrected chi connectivity index (χ0v) is 4.92. The number of nitrogens with one attached hydrogen (secondary N) is 1. The van der Waals surface area contributed by atoms with Gasteiger partial charge in [-0.05, 0) is 12.2 Å². The Morgan fingerprint density at radius 2 is 2.22 bits per heavy atom. The summed E-state index contributed by atoms with van der Waals surface area (Å²) in [5.74, 6) is -0.562. The minimum Gasteiger partial charge on any atom is -0.366 e. The van der Waals surface area contributed by atoms with Gasteiger partial charge >= 0.3 is 0 Å². The average Bonchev–Trinajstić information content (AvgIpc) is 1.82. The molecule has 0 unspecified atom stereocenters. The standard InChI is InChI=1S/C6H8N2O/c1-5(6(8)9)3-2-4-7/h2-4,7H,1H2,(H2,8,9)/b3-2-,7-4?. The van der Waals surface area contributed by atoms with Gasteiger partial charge in [0.05, 0.1) is 0 Å². The predicted octanol–water partition coefficient (Wildman–Crippen LogP) is 0.234. The zero-order valence-electron chi connectivity index (χ0n) is 4.92. The number of amides is 1. The summed E-state index contributed by atoms with van der Waals surface area (Å²) >= 11 is 0. The minimum absolute atomic E-state index is 0.207. The van der Waals surface area contributed by atoms with E-state index >= 15 is 0 Å². The molecule has 0 atom stereocenters. The fourth-order valence-electron chi connectivity index (χ4n) is 0.246. The number of rotatable bonds is 3. The molecule has 0 spiro atoms. The van der Waals surface area contributed by atoms with Gasteiger partial charge in [-0.3, -0.25) is 4.79 Å². The van der Waals surface area contributed by atoms with Crippen molar-refractivity contribution >= 4 is 12.1 Å². The van der Waals surface area contributed by atoms with Crippen molar-refractivity contribution in [1.82, 2.24) is 0 Å². The molecule has 0 aliphatic heterocycles. The predicted molar refractivity (Wildman–Crippen MR) is 36.3 cm³/mol. The van der Waals surface area contributed by atoms with Crippen molar-refractivity contribution in [2.75, 3.05) is 0 Å². The van der Waals surface area contributed by atoms with E-state index in [4.69, 9.17) is 11.1 Å². The molecule has 0 aliphatic carbocycles. The average molecular weight is 124 g/mol. The highest BCUT2D eigenvalue weighted by atomic mass is 16.1. The smallest absolute Gasteiger partial charge is 0.248 e. The summed E-state index contributed by atoms with van der Waals surface area (Å²) in [6.07, 6.45) is 3.82. The number of nitrogens with two attached hydrogens (primary N) is 1. The van der Waals surface area contributed by atoms with Crippen LogP contribution in [-0.2, 0) is 4.79 Å². The maximum atomic E-state index is 10.2. The van der Waals surface area contributed by atoms with Crippen molar-refractivity contribution in [3.05, 3.63) is 24.3 Å². The Morgan fingerprint density at radius 3 is 2.56 bits per heavy atom. The monoisotopic (exact) mass is 124 g/mol. The molecular formula is C6H8N2O. The van der Waals surface area contributed by atoms with Gasteiger partial charge < -0.3 is 11.1 Å². The molecule has 0 aliphatic rings. The van der Waals surface area contributed by atoms with Crippen molar-refractivity contribution in [3.63, 3.8) is 0 Å². The highest BCUT2D eigenvalue weighted by molar-refractivity contribution is 5.94. The second-order valence-corrected chi connectivity index (χ2v) is 1.42. The number of carbonyl (C=O) groups excluding carboxylic acids is 1. The van der Waals surface area contributed by atoms with Crippen LogP contribution in [0.15, 0.2) is 24.3 Å². The Balaban J connectivity index is 3.92. The second kappa shape index (κ2) is 3.60. The lowest BCUT2D eigenvalue weighted by atomic mass is 10.3. The number of primary amides is 1. The molecule has 0 aromatic rings. The van der Waals surface area contributed by atoms with Gasteiger partial charge in [0.25, 0.3) is 0 Å². The van der Waals surface area contributed by atoms with Crippen molar-refractivity contribution in [1.29, 1.82) is 5.41 Å². The van der Waals surface area contributed by atoms with Crippen molar-refractivity contribution in [2.24, 2.45) is 5.73 Å². The quantitative estimate of drug-likeness (QED) is 0.316. The van der Waals surface area contributed by atoms with E-state index in [1.165, 1.54) is 12.2 Å². The van der Waals surface area contributed by atoms with Crippen LogP contribution in [0.25, 0.3) is 0 Å². The first-order valence-electron chi connectivity index (χ1n) is 2.34. The van der Waals surface area contributed by atoms with E-state index in [1.54, 1.807) is 0 Å². The summed E-state index contributed by atoms with van der Waals surface area (Å²) in [7, 11) is 0. The van der Waals surface area contributed by atoms with Crippen LogP contribution >= 0.6 is 0 Å². The maximum absolute atomic E-state index is 10.2. The minimum atomic E-state index is -0.562. The molecule has 0 saturated carbocycles. The van der Waals surface area contributed by atoms with Crippen LogP contribution in [0, 0.1) is 5.41 Å². The van der Waals surface area contributed by atoms with Gasteiger partial charge in [-0.25, -0.2) is 0 Å².